The van der Waals surface area contributed by atoms with Gasteiger partial charge in [-0.2, -0.15) is 0 Å². The maximum absolute atomic E-state index is 15.0. The van der Waals surface area contributed by atoms with Crippen molar-refractivity contribution in [1.29, 1.82) is 0 Å². The van der Waals surface area contributed by atoms with E-state index in [9.17, 15) is 14.4 Å². The van der Waals surface area contributed by atoms with E-state index < -0.39 is 36.0 Å². The summed E-state index contributed by atoms with van der Waals surface area (Å²) in [7, 11) is 0. The SMILES string of the molecule is CC(C)Nc1cc(Cl)cc(COc2c(Br)cc(CCC(=O)OC(=O)CNC(=O)c3cc(Br)c(OCc4cc(Cl)cc(NC(C)C)c4F)c(Br)c3)cc2Br)c1F. The summed E-state index contributed by atoms with van der Waals surface area (Å²) in [5.74, 6) is -2.59. The van der Waals surface area contributed by atoms with Crippen molar-refractivity contribution in [1.82, 2.24) is 5.32 Å². The second-order valence-electron chi connectivity index (χ2n) is 12.7. The predicted molar refractivity (Wildman–Crippen MR) is 224 cm³/mol. The first-order valence-electron chi connectivity index (χ1n) is 16.6. The average molecular weight is 1060 g/mol. The van der Waals surface area contributed by atoms with Crippen LogP contribution >= 0.6 is 86.9 Å². The maximum atomic E-state index is 15.0. The summed E-state index contributed by atoms with van der Waals surface area (Å²) >= 11 is 26.1. The first-order chi connectivity index (χ1) is 25.9. The van der Waals surface area contributed by atoms with Crippen molar-refractivity contribution in [2.24, 2.45) is 0 Å². The zero-order chi connectivity index (χ0) is 40.6. The number of carbonyl (C=O) groups is 3. The number of halogens is 8. The third kappa shape index (κ3) is 13.0. The van der Waals surface area contributed by atoms with Gasteiger partial charge in [-0.05, 0) is 152 Å². The van der Waals surface area contributed by atoms with Crippen LogP contribution < -0.4 is 25.4 Å². The summed E-state index contributed by atoms with van der Waals surface area (Å²) in [5.41, 5.74) is 1.91. The van der Waals surface area contributed by atoms with Crippen LogP contribution in [0.1, 0.15) is 61.2 Å². The fourth-order valence-corrected chi connectivity index (χ4v) is 8.48. The van der Waals surface area contributed by atoms with Gasteiger partial charge in [-0.1, -0.05) is 23.2 Å². The zero-order valence-corrected chi connectivity index (χ0v) is 37.6. The highest BCUT2D eigenvalue weighted by molar-refractivity contribution is 9.11. The van der Waals surface area contributed by atoms with E-state index in [0.29, 0.717) is 39.4 Å². The fraction of sp³-hybridized carbons (Fsp3) is 0.289. The van der Waals surface area contributed by atoms with Gasteiger partial charge in [-0.25, -0.2) is 13.6 Å². The van der Waals surface area contributed by atoms with E-state index in [0.717, 1.165) is 5.56 Å². The Morgan fingerprint density at radius 2 is 1.11 bits per heavy atom. The quantitative estimate of drug-likeness (QED) is 0.0751. The molecule has 55 heavy (non-hydrogen) atoms. The molecule has 0 unspecified atom stereocenters. The molecule has 0 spiro atoms. The lowest BCUT2D eigenvalue weighted by Crippen LogP contribution is -2.31. The first kappa shape index (κ1) is 44.8. The molecule has 0 aliphatic heterocycles. The van der Waals surface area contributed by atoms with Crippen LogP contribution in [0.2, 0.25) is 10.0 Å². The number of amides is 1. The summed E-state index contributed by atoms with van der Waals surface area (Å²) in [6, 6.07) is 12.4. The molecule has 0 fully saturated rings. The van der Waals surface area contributed by atoms with Gasteiger partial charge in [0.1, 0.15) is 31.3 Å². The standard InChI is InChI=1S/C38H35Br4Cl2F2N3O6/c1-18(2)48-30-13-24(43)9-22(34(30)45)16-53-36-26(39)7-20(8-27(36)40)5-6-32(50)55-33(51)15-47-38(52)21-11-28(41)37(29(42)12-21)54-17-23-10-25(44)14-31(35(23)46)49-19(3)4/h7-14,18-19,48-49H,5-6,15-17H2,1-4H3,(H,47,52). The highest BCUT2D eigenvalue weighted by atomic mass is 79.9. The molecule has 0 saturated heterocycles. The maximum Gasteiger partial charge on any atom is 0.333 e. The Morgan fingerprint density at radius 1 is 0.673 bits per heavy atom. The second-order valence-corrected chi connectivity index (χ2v) is 17.0. The van der Waals surface area contributed by atoms with Crippen molar-refractivity contribution in [3.8, 4) is 11.5 Å². The monoisotopic (exact) mass is 1050 g/mol. The minimum absolute atomic E-state index is 0.000902. The Hall–Kier alpha value is -2.95. The lowest BCUT2D eigenvalue weighted by molar-refractivity contribution is -0.158. The highest BCUT2D eigenvalue weighted by Crippen LogP contribution is 2.38. The van der Waals surface area contributed by atoms with Gasteiger partial charge in [0.05, 0.1) is 35.7 Å². The molecule has 4 rings (SSSR count). The Kier molecular flexibility index (Phi) is 16.7. The van der Waals surface area contributed by atoms with Crippen molar-refractivity contribution in [2.45, 2.75) is 65.8 Å². The van der Waals surface area contributed by atoms with Gasteiger partial charge < -0.3 is 30.2 Å². The molecule has 0 radical (unpaired) electrons. The van der Waals surface area contributed by atoms with Crippen LogP contribution in [0.5, 0.6) is 11.5 Å². The van der Waals surface area contributed by atoms with E-state index in [-0.39, 0.29) is 66.2 Å². The molecule has 0 aromatic heterocycles. The number of ether oxygens (including phenoxy) is 3. The van der Waals surface area contributed by atoms with Gasteiger partial charge >= 0.3 is 11.9 Å². The van der Waals surface area contributed by atoms with Crippen molar-refractivity contribution in [3.05, 3.63) is 110 Å². The third-order valence-corrected chi connectivity index (χ3v) is 10.2. The van der Waals surface area contributed by atoms with E-state index in [2.05, 4.69) is 79.7 Å². The molecule has 0 heterocycles. The van der Waals surface area contributed by atoms with Gasteiger partial charge in [0.25, 0.3) is 5.91 Å². The number of benzene rings is 4. The Labute approximate surface area is 361 Å². The molecule has 17 heteroatoms. The molecule has 1 amide bonds. The zero-order valence-electron chi connectivity index (χ0n) is 29.8. The number of rotatable bonds is 16. The second kappa shape index (κ2) is 20.5. The summed E-state index contributed by atoms with van der Waals surface area (Å²) in [5, 5.41) is 9.17. The van der Waals surface area contributed by atoms with Crippen LogP contribution in [0.4, 0.5) is 20.2 Å². The van der Waals surface area contributed by atoms with Crippen molar-refractivity contribution < 1.29 is 37.4 Å². The van der Waals surface area contributed by atoms with E-state index in [1.807, 2.05) is 27.7 Å². The molecule has 0 aliphatic rings. The Bertz CT molecular complexity index is 2040. The number of anilines is 2. The largest absolute Gasteiger partial charge is 0.486 e. The Morgan fingerprint density at radius 3 is 1.55 bits per heavy atom. The molecule has 0 bridgehead atoms. The number of hydrogen-bond donors (Lipinski definition) is 3. The number of aryl methyl sites for hydroxylation is 1. The molecule has 294 valence electrons. The third-order valence-electron chi connectivity index (χ3n) is 7.42. The first-order valence-corrected chi connectivity index (χ1v) is 20.6. The van der Waals surface area contributed by atoms with Crippen LogP contribution in [0.25, 0.3) is 0 Å². The van der Waals surface area contributed by atoms with Gasteiger partial charge in [0, 0.05) is 38.8 Å². The van der Waals surface area contributed by atoms with Crippen molar-refractivity contribution in [2.75, 3.05) is 17.2 Å². The van der Waals surface area contributed by atoms with Crippen LogP contribution in [0, 0.1) is 11.6 Å². The summed E-state index contributed by atoms with van der Waals surface area (Å²) < 4.78 is 48.6. The predicted octanol–water partition coefficient (Wildman–Crippen LogP) is 11.6. The summed E-state index contributed by atoms with van der Waals surface area (Å²) in [6.45, 7) is 6.72. The minimum Gasteiger partial charge on any atom is -0.486 e. The number of carbonyl (C=O) groups excluding carboxylic acids is 3. The molecular formula is C38H35Br4Cl2F2N3O6. The van der Waals surface area contributed by atoms with Crippen LogP contribution in [0.15, 0.2) is 66.4 Å². The molecule has 0 atom stereocenters. The number of nitrogens with one attached hydrogen (secondary N) is 3. The molecule has 9 nitrogen and oxygen atoms in total. The van der Waals surface area contributed by atoms with Crippen molar-refractivity contribution in [3.63, 3.8) is 0 Å². The molecule has 3 N–H and O–H groups in total. The van der Waals surface area contributed by atoms with Crippen molar-refractivity contribution >= 4 is 116 Å². The van der Waals surface area contributed by atoms with Gasteiger partial charge in [0.2, 0.25) is 0 Å². The highest BCUT2D eigenvalue weighted by Gasteiger charge is 2.20. The van der Waals surface area contributed by atoms with Crippen LogP contribution in [0.3, 0.4) is 0 Å². The lowest BCUT2D eigenvalue weighted by Gasteiger charge is -2.16. The topological polar surface area (TPSA) is 115 Å². The lowest BCUT2D eigenvalue weighted by atomic mass is 10.1. The number of esters is 2. The number of hydrogen-bond acceptors (Lipinski definition) is 8. The van der Waals surface area contributed by atoms with E-state index in [1.165, 1.54) is 36.4 Å². The molecule has 4 aromatic carbocycles. The van der Waals surface area contributed by atoms with E-state index >= 15 is 8.78 Å². The Balaban J connectivity index is 1.27. The molecule has 0 saturated carbocycles. The molecule has 4 aromatic rings. The molecular weight excluding hydrogens is 1020 g/mol. The normalized spacial score (nSPS) is 11.1. The van der Waals surface area contributed by atoms with E-state index in [1.54, 1.807) is 12.1 Å². The minimum atomic E-state index is -0.947. The fourth-order valence-electron chi connectivity index (χ4n) is 5.07. The van der Waals surface area contributed by atoms with Gasteiger partial charge in [0.15, 0.2) is 11.6 Å². The van der Waals surface area contributed by atoms with Gasteiger partial charge in [-0.15, -0.1) is 0 Å². The van der Waals surface area contributed by atoms with Crippen LogP contribution in [-0.2, 0) is 34.0 Å². The average Bonchev–Trinajstić information content (AvgIpc) is 3.08. The molecule has 0 aliphatic carbocycles. The summed E-state index contributed by atoms with van der Waals surface area (Å²) in [6.07, 6.45) is 0.0909. The smallest absolute Gasteiger partial charge is 0.333 e. The summed E-state index contributed by atoms with van der Waals surface area (Å²) in [4.78, 5) is 37.7. The van der Waals surface area contributed by atoms with Crippen LogP contribution in [-0.4, -0.2) is 36.5 Å². The van der Waals surface area contributed by atoms with E-state index in [4.69, 9.17) is 37.4 Å². The van der Waals surface area contributed by atoms with Gasteiger partial charge in [-0.3, -0.25) is 9.59 Å².